The highest BCUT2D eigenvalue weighted by Gasteiger charge is 2.43. The summed E-state index contributed by atoms with van der Waals surface area (Å²) < 4.78 is 11.3. The third-order valence-corrected chi connectivity index (χ3v) is 3.41. The van der Waals surface area contributed by atoms with Crippen molar-refractivity contribution in [2.24, 2.45) is 11.3 Å². The van der Waals surface area contributed by atoms with Crippen LogP contribution in [-0.4, -0.2) is 18.7 Å². The minimum absolute atomic E-state index is 0.178. The summed E-state index contributed by atoms with van der Waals surface area (Å²) in [4.78, 5) is 12.2. The van der Waals surface area contributed by atoms with Gasteiger partial charge in [-0.05, 0) is 45.8 Å². The van der Waals surface area contributed by atoms with Crippen LogP contribution in [0.2, 0.25) is 0 Å². The first-order valence-electron chi connectivity index (χ1n) is 7.52. The van der Waals surface area contributed by atoms with E-state index in [0.717, 1.165) is 17.7 Å². The van der Waals surface area contributed by atoms with Crippen molar-refractivity contribution in [3.63, 3.8) is 0 Å². The molecule has 1 saturated carbocycles. The number of hydrogen-bond acceptors (Lipinski definition) is 3. The molecule has 0 unspecified atom stereocenters. The molecule has 2 rings (SSSR count). The molecule has 0 amide bonds. The molecule has 114 valence electrons. The highest BCUT2D eigenvalue weighted by Crippen LogP contribution is 2.42. The minimum atomic E-state index is -0.508. The van der Waals surface area contributed by atoms with Gasteiger partial charge in [0.2, 0.25) is 0 Å². The van der Waals surface area contributed by atoms with Gasteiger partial charge >= 0.3 is 5.97 Å². The molecule has 21 heavy (non-hydrogen) atoms. The Labute approximate surface area is 127 Å². The summed E-state index contributed by atoms with van der Waals surface area (Å²) in [6.07, 6.45) is 3.05. The summed E-state index contributed by atoms with van der Waals surface area (Å²) in [5, 5.41) is 0. The van der Waals surface area contributed by atoms with Crippen molar-refractivity contribution in [2.75, 3.05) is 6.61 Å². The van der Waals surface area contributed by atoms with Gasteiger partial charge in [0.05, 0.1) is 11.5 Å². The van der Waals surface area contributed by atoms with E-state index in [1.54, 1.807) is 0 Å². The predicted octanol–water partition coefficient (Wildman–Crippen LogP) is 4.04. The van der Waals surface area contributed by atoms with Crippen molar-refractivity contribution < 1.29 is 14.3 Å². The van der Waals surface area contributed by atoms with Gasteiger partial charge in [-0.3, -0.25) is 4.79 Å². The quantitative estimate of drug-likeness (QED) is 0.606. The molecule has 1 aromatic rings. The number of hydrogen-bond donors (Lipinski definition) is 0. The molecule has 0 aromatic heterocycles. The second-order valence-electron chi connectivity index (χ2n) is 6.43. The Hall–Kier alpha value is -1.61. The zero-order chi connectivity index (χ0) is 15.5. The Kier molecular flexibility index (Phi) is 4.84. The molecule has 0 radical (unpaired) electrons. The molecule has 0 heterocycles. The Morgan fingerprint density at radius 3 is 2.52 bits per heavy atom. The summed E-state index contributed by atoms with van der Waals surface area (Å²) in [6, 6.07) is 9.92. The van der Waals surface area contributed by atoms with Gasteiger partial charge in [-0.2, -0.15) is 0 Å². The molecule has 3 nitrogen and oxygen atoms in total. The lowest BCUT2D eigenvalue weighted by Crippen LogP contribution is -2.23. The van der Waals surface area contributed by atoms with E-state index in [1.807, 2.05) is 64.1 Å². The number of esters is 1. The average molecular weight is 288 g/mol. The summed E-state index contributed by atoms with van der Waals surface area (Å²) in [5.74, 6) is 0.711. The van der Waals surface area contributed by atoms with E-state index in [9.17, 15) is 4.79 Å². The molecule has 0 N–H and O–H groups in total. The molecule has 1 aromatic carbocycles. The van der Waals surface area contributed by atoms with E-state index >= 15 is 0 Å². The maximum atomic E-state index is 12.2. The van der Waals surface area contributed by atoms with Crippen LogP contribution in [0.1, 0.15) is 39.7 Å². The van der Waals surface area contributed by atoms with Gasteiger partial charge in [0, 0.05) is 12.5 Å². The van der Waals surface area contributed by atoms with Crippen molar-refractivity contribution in [2.45, 2.75) is 40.2 Å². The topological polar surface area (TPSA) is 35.5 Å². The zero-order valence-corrected chi connectivity index (χ0v) is 13.3. The van der Waals surface area contributed by atoms with E-state index < -0.39 is 5.41 Å². The Morgan fingerprint density at radius 2 is 1.95 bits per heavy atom. The highest BCUT2D eigenvalue weighted by atomic mass is 16.5. The van der Waals surface area contributed by atoms with Crippen LogP contribution >= 0.6 is 0 Å². The maximum absolute atomic E-state index is 12.2. The average Bonchev–Trinajstić information content (AvgIpc) is 3.18. The molecular formula is C18H24O3. The van der Waals surface area contributed by atoms with Crippen LogP contribution in [0, 0.1) is 11.3 Å². The van der Waals surface area contributed by atoms with Crippen molar-refractivity contribution in [1.29, 1.82) is 0 Å². The number of ether oxygens (including phenoxy) is 2. The first-order valence-corrected chi connectivity index (χ1v) is 7.52. The molecule has 1 aliphatic carbocycles. The Bertz CT molecular complexity index is 511. The third-order valence-electron chi connectivity index (χ3n) is 3.41. The maximum Gasteiger partial charge on any atom is 0.316 e. The summed E-state index contributed by atoms with van der Waals surface area (Å²) in [5.41, 5.74) is 0.530. The fourth-order valence-electron chi connectivity index (χ4n) is 2.06. The summed E-state index contributed by atoms with van der Waals surface area (Å²) >= 11 is 0. The molecule has 0 bridgehead atoms. The molecule has 1 fully saturated rings. The van der Waals surface area contributed by atoms with Crippen molar-refractivity contribution >= 4 is 12.0 Å². The Morgan fingerprint density at radius 1 is 1.29 bits per heavy atom. The van der Waals surface area contributed by atoms with E-state index in [1.165, 1.54) is 0 Å². The Balaban J connectivity index is 2.16. The second-order valence-corrected chi connectivity index (χ2v) is 6.43. The van der Waals surface area contributed by atoms with E-state index in [-0.39, 0.29) is 18.0 Å². The zero-order valence-electron chi connectivity index (χ0n) is 13.3. The smallest absolute Gasteiger partial charge is 0.316 e. The molecular weight excluding hydrogens is 264 g/mol. The van der Waals surface area contributed by atoms with Crippen molar-refractivity contribution in [1.82, 2.24) is 0 Å². The van der Waals surface area contributed by atoms with Gasteiger partial charge < -0.3 is 9.47 Å². The van der Waals surface area contributed by atoms with Crippen LogP contribution in [-0.2, 0) is 14.3 Å². The van der Waals surface area contributed by atoms with Gasteiger partial charge in [0.25, 0.3) is 0 Å². The summed E-state index contributed by atoms with van der Waals surface area (Å²) in [7, 11) is 0. The standard InChI is InChI=1S/C18H24O3/c1-5-20-15-12-14(15)16(21-17(19)18(2,3)4)11-13-9-7-6-8-10-13/h6-11,14-15H,5,12H2,1-4H3/b16-11-/t14-,15-/m1/s1. The normalized spacial score (nSPS) is 22.0. The largest absolute Gasteiger partial charge is 0.430 e. The minimum Gasteiger partial charge on any atom is -0.430 e. The number of rotatable bonds is 5. The lowest BCUT2D eigenvalue weighted by molar-refractivity contribution is -0.148. The van der Waals surface area contributed by atoms with Gasteiger partial charge in [-0.25, -0.2) is 0 Å². The van der Waals surface area contributed by atoms with Crippen LogP contribution < -0.4 is 0 Å². The SMILES string of the molecule is CCO[C@@H]1C[C@H]1/C(=C/c1ccccc1)OC(=O)C(C)(C)C. The van der Waals surface area contributed by atoms with Gasteiger partial charge in [0.1, 0.15) is 5.76 Å². The second kappa shape index (κ2) is 6.44. The van der Waals surface area contributed by atoms with Gasteiger partial charge in [0.15, 0.2) is 0 Å². The van der Waals surface area contributed by atoms with Crippen LogP contribution in [0.5, 0.6) is 0 Å². The number of benzene rings is 1. The first-order chi connectivity index (χ1) is 9.91. The van der Waals surface area contributed by atoms with Gasteiger partial charge in [-0.1, -0.05) is 30.3 Å². The molecule has 2 atom stereocenters. The van der Waals surface area contributed by atoms with E-state index in [2.05, 4.69) is 0 Å². The predicted molar refractivity (Wildman–Crippen MR) is 83.5 cm³/mol. The third kappa shape index (κ3) is 4.43. The number of carbonyl (C=O) groups is 1. The van der Waals surface area contributed by atoms with E-state index in [0.29, 0.717) is 6.61 Å². The van der Waals surface area contributed by atoms with Crippen molar-refractivity contribution in [3.05, 3.63) is 41.7 Å². The lowest BCUT2D eigenvalue weighted by Gasteiger charge is -2.18. The fourth-order valence-corrected chi connectivity index (χ4v) is 2.06. The van der Waals surface area contributed by atoms with E-state index in [4.69, 9.17) is 9.47 Å². The summed E-state index contributed by atoms with van der Waals surface area (Å²) in [6.45, 7) is 8.26. The molecule has 3 heteroatoms. The van der Waals surface area contributed by atoms with Crippen LogP contribution in [0.3, 0.4) is 0 Å². The molecule has 0 spiro atoms. The monoisotopic (exact) mass is 288 g/mol. The van der Waals surface area contributed by atoms with Gasteiger partial charge in [-0.15, -0.1) is 0 Å². The van der Waals surface area contributed by atoms with Crippen LogP contribution in [0.15, 0.2) is 36.1 Å². The molecule has 0 saturated heterocycles. The number of carbonyl (C=O) groups excluding carboxylic acids is 1. The highest BCUT2D eigenvalue weighted by molar-refractivity contribution is 5.77. The van der Waals surface area contributed by atoms with Crippen LogP contribution in [0.4, 0.5) is 0 Å². The fraction of sp³-hybridized carbons (Fsp3) is 0.500. The van der Waals surface area contributed by atoms with Crippen LogP contribution in [0.25, 0.3) is 6.08 Å². The first kappa shape index (κ1) is 15.8. The lowest BCUT2D eigenvalue weighted by atomic mass is 9.97. The molecule has 0 aliphatic heterocycles. The molecule has 1 aliphatic rings. The van der Waals surface area contributed by atoms with Crippen molar-refractivity contribution in [3.8, 4) is 0 Å².